The van der Waals surface area contributed by atoms with Crippen molar-refractivity contribution in [3.05, 3.63) is 18.2 Å². The van der Waals surface area contributed by atoms with Gasteiger partial charge in [0.15, 0.2) is 0 Å². The predicted molar refractivity (Wildman–Crippen MR) is 63.0 cm³/mol. The van der Waals surface area contributed by atoms with E-state index in [1.54, 1.807) is 0 Å². The van der Waals surface area contributed by atoms with Gasteiger partial charge in [0.2, 0.25) is 0 Å². The fourth-order valence-corrected chi connectivity index (χ4v) is 2.24. The lowest BCUT2D eigenvalue weighted by Crippen LogP contribution is -2.28. The number of hydrogen-bond donors (Lipinski definition) is 1. The first kappa shape index (κ1) is 11.6. The molecule has 2 rings (SSSR count). The van der Waals surface area contributed by atoms with Crippen LogP contribution < -0.4 is 0 Å². The van der Waals surface area contributed by atoms with Gasteiger partial charge in [-0.2, -0.15) is 0 Å². The summed E-state index contributed by atoms with van der Waals surface area (Å²) in [5.41, 5.74) is 0.767. The number of imidazole rings is 1. The van der Waals surface area contributed by atoms with E-state index in [1.165, 1.54) is 5.69 Å². The van der Waals surface area contributed by atoms with E-state index in [4.69, 9.17) is 0 Å². The highest BCUT2D eigenvalue weighted by Gasteiger charge is 2.25. The largest absolute Gasteiger partial charge is 0.390 e. The van der Waals surface area contributed by atoms with Crippen LogP contribution in [0, 0.1) is 0 Å². The molecule has 1 aliphatic heterocycles. The molecular formula is C12H21N3O. The summed E-state index contributed by atoms with van der Waals surface area (Å²) >= 11 is 0. The van der Waals surface area contributed by atoms with Gasteiger partial charge in [-0.3, -0.25) is 4.90 Å². The second-order valence-electron chi connectivity index (χ2n) is 5.12. The molecule has 0 aliphatic carbocycles. The molecule has 1 N–H and O–H groups in total. The number of likely N-dealkylation sites (tertiary alicyclic amines) is 1. The van der Waals surface area contributed by atoms with Crippen LogP contribution in [0.25, 0.3) is 0 Å². The minimum absolute atomic E-state index is 0.471. The van der Waals surface area contributed by atoms with Gasteiger partial charge in [-0.1, -0.05) is 0 Å². The van der Waals surface area contributed by atoms with Crippen LogP contribution in [-0.4, -0.2) is 38.2 Å². The third-order valence-electron chi connectivity index (χ3n) is 3.46. The molecule has 1 saturated heterocycles. The SMILES string of the molecule is Cn1cncc1CN1CCCC(C)(O)CC1. The Morgan fingerprint density at radius 1 is 1.44 bits per heavy atom. The Kier molecular flexibility index (Phi) is 3.30. The van der Waals surface area contributed by atoms with Gasteiger partial charge in [-0.15, -0.1) is 0 Å². The predicted octanol–water partition coefficient (Wildman–Crippen LogP) is 1.16. The van der Waals surface area contributed by atoms with Crippen LogP contribution in [-0.2, 0) is 13.6 Å². The van der Waals surface area contributed by atoms with E-state index in [0.29, 0.717) is 0 Å². The van der Waals surface area contributed by atoms with Crippen molar-refractivity contribution in [2.45, 2.75) is 38.3 Å². The second-order valence-corrected chi connectivity index (χ2v) is 5.12. The molecule has 0 saturated carbocycles. The van der Waals surface area contributed by atoms with Crippen LogP contribution >= 0.6 is 0 Å². The van der Waals surface area contributed by atoms with Crippen molar-refractivity contribution in [1.82, 2.24) is 14.5 Å². The molecule has 2 heterocycles. The second kappa shape index (κ2) is 4.55. The first-order chi connectivity index (χ1) is 7.57. The van der Waals surface area contributed by atoms with Gasteiger partial charge in [-0.05, 0) is 32.7 Å². The van der Waals surface area contributed by atoms with Crippen molar-refractivity contribution < 1.29 is 5.11 Å². The zero-order valence-electron chi connectivity index (χ0n) is 10.2. The maximum absolute atomic E-state index is 10.0. The topological polar surface area (TPSA) is 41.3 Å². The van der Waals surface area contributed by atoms with E-state index in [0.717, 1.165) is 38.9 Å². The standard InChI is InChI=1S/C12H21N3O/c1-12(16)4-3-6-15(7-5-12)9-11-8-13-10-14(11)2/h8,10,16H,3-7,9H2,1-2H3. The molecule has 1 fully saturated rings. The molecule has 0 radical (unpaired) electrons. The number of aryl methyl sites for hydroxylation is 1. The molecule has 0 amide bonds. The number of nitrogens with zero attached hydrogens (tertiary/aromatic N) is 3. The smallest absolute Gasteiger partial charge is 0.0945 e. The van der Waals surface area contributed by atoms with Gasteiger partial charge in [-0.25, -0.2) is 4.98 Å². The molecule has 1 atom stereocenters. The fraction of sp³-hybridized carbons (Fsp3) is 0.750. The Morgan fingerprint density at radius 3 is 2.94 bits per heavy atom. The van der Waals surface area contributed by atoms with Crippen molar-refractivity contribution in [3.63, 3.8) is 0 Å². The normalized spacial score (nSPS) is 27.9. The molecule has 4 nitrogen and oxygen atoms in total. The van der Waals surface area contributed by atoms with Gasteiger partial charge in [0, 0.05) is 26.3 Å². The molecule has 1 aromatic rings. The Labute approximate surface area is 96.9 Å². The van der Waals surface area contributed by atoms with Crippen LogP contribution in [0.4, 0.5) is 0 Å². The minimum Gasteiger partial charge on any atom is -0.390 e. The molecule has 1 aliphatic rings. The monoisotopic (exact) mass is 223 g/mol. The Hall–Kier alpha value is -0.870. The highest BCUT2D eigenvalue weighted by molar-refractivity contribution is 4.97. The van der Waals surface area contributed by atoms with E-state index in [-0.39, 0.29) is 0 Å². The Bertz CT molecular complexity index is 346. The molecule has 0 spiro atoms. The maximum atomic E-state index is 10.0. The number of hydrogen-bond acceptors (Lipinski definition) is 3. The van der Waals surface area contributed by atoms with Crippen molar-refractivity contribution in [1.29, 1.82) is 0 Å². The van der Waals surface area contributed by atoms with Crippen molar-refractivity contribution in [2.24, 2.45) is 7.05 Å². The van der Waals surface area contributed by atoms with Crippen LogP contribution in [0.3, 0.4) is 0 Å². The molecule has 1 unspecified atom stereocenters. The van der Waals surface area contributed by atoms with Gasteiger partial charge in [0.25, 0.3) is 0 Å². The van der Waals surface area contributed by atoms with Crippen molar-refractivity contribution in [3.8, 4) is 0 Å². The molecule has 90 valence electrons. The van der Waals surface area contributed by atoms with Gasteiger partial charge >= 0.3 is 0 Å². The zero-order valence-corrected chi connectivity index (χ0v) is 10.2. The highest BCUT2D eigenvalue weighted by atomic mass is 16.3. The zero-order chi connectivity index (χ0) is 11.6. The number of aromatic nitrogens is 2. The summed E-state index contributed by atoms with van der Waals surface area (Å²) in [6, 6.07) is 0. The Morgan fingerprint density at radius 2 is 2.25 bits per heavy atom. The lowest BCUT2D eigenvalue weighted by Gasteiger charge is -2.22. The summed E-state index contributed by atoms with van der Waals surface area (Å²) < 4.78 is 2.06. The lowest BCUT2D eigenvalue weighted by molar-refractivity contribution is 0.0443. The van der Waals surface area contributed by atoms with Crippen molar-refractivity contribution in [2.75, 3.05) is 13.1 Å². The minimum atomic E-state index is -0.471. The maximum Gasteiger partial charge on any atom is 0.0945 e. The van der Waals surface area contributed by atoms with Gasteiger partial charge in [0.05, 0.1) is 17.6 Å². The number of aliphatic hydroxyl groups is 1. The average Bonchev–Trinajstić information content (AvgIpc) is 2.52. The average molecular weight is 223 g/mol. The first-order valence-corrected chi connectivity index (χ1v) is 5.97. The van der Waals surface area contributed by atoms with E-state index in [9.17, 15) is 5.11 Å². The molecule has 16 heavy (non-hydrogen) atoms. The summed E-state index contributed by atoms with van der Waals surface area (Å²) in [6.07, 6.45) is 6.61. The molecule has 0 aromatic carbocycles. The summed E-state index contributed by atoms with van der Waals surface area (Å²) in [4.78, 5) is 6.53. The summed E-state index contributed by atoms with van der Waals surface area (Å²) in [5.74, 6) is 0. The quantitative estimate of drug-likeness (QED) is 0.818. The fourth-order valence-electron chi connectivity index (χ4n) is 2.24. The Balaban J connectivity index is 1.94. The van der Waals surface area contributed by atoms with Crippen molar-refractivity contribution >= 4 is 0 Å². The highest BCUT2D eigenvalue weighted by Crippen LogP contribution is 2.22. The lowest BCUT2D eigenvalue weighted by atomic mass is 9.98. The summed E-state index contributed by atoms with van der Waals surface area (Å²) in [6.45, 7) is 4.92. The van der Waals surface area contributed by atoms with Gasteiger partial charge in [0.1, 0.15) is 0 Å². The third-order valence-corrected chi connectivity index (χ3v) is 3.46. The van der Waals surface area contributed by atoms with Crippen LogP contribution in [0.2, 0.25) is 0 Å². The van der Waals surface area contributed by atoms with E-state index in [1.807, 2.05) is 26.5 Å². The third kappa shape index (κ3) is 2.83. The number of rotatable bonds is 2. The van der Waals surface area contributed by atoms with Crippen LogP contribution in [0.15, 0.2) is 12.5 Å². The molecule has 0 bridgehead atoms. The van der Waals surface area contributed by atoms with E-state index in [2.05, 4.69) is 14.5 Å². The van der Waals surface area contributed by atoms with E-state index >= 15 is 0 Å². The van der Waals surface area contributed by atoms with Crippen LogP contribution in [0.1, 0.15) is 31.9 Å². The first-order valence-electron chi connectivity index (χ1n) is 5.97. The summed E-state index contributed by atoms with van der Waals surface area (Å²) in [5, 5.41) is 10.0. The van der Waals surface area contributed by atoms with Gasteiger partial charge < -0.3 is 9.67 Å². The van der Waals surface area contributed by atoms with Crippen LogP contribution in [0.5, 0.6) is 0 Å². The molecule has 4 heteroatoms. The molecular weight excluding hydrogens is 202 g/mol. The van der Waals surface area contributed by atoms with E-state index < -0.39 is 5.60 Å². The summed E-state index contributed by atoms with van der Waals surface area (Å²) in [7, 11) is 2.02. The molecule has 1 aromatic heterocycles.